The van der Waals surface area contributed by atoms with Gasteiger partial charge >= 0.3 is 6.03 Å². The third-order valence-electron chi connectivity index (χ3n) is 2.57. The van der Waals surface area contributed by atoms with Gasteiger partial charge in [-0.25, -0.2) is 4.79 Å². The number of amides is 2. The summed E-state index contributed by atoms with van der Waals surface area (Å²) < 4.78 is 0. The molecule has 0 fully saturated rings. The lowest BCUT2D eigenvalue weighted by molar-refractivity contribution is 0.254. The van der Waals surface area contributed by atoms with Gasteiger partial charge < -0.3 is 11.1 Å². The number of hydrogen-bond donors (Lipinski definition) is 3. The molecular formula is C14H15N5O. The number of carbonyl (C=O) groups is 1. The zero-order valence-electron chi connectivity index (χ0n) is 11.3. The number of anilines is 1. The second-order valence-electron chi connectivity index (χ2n) is 4.33. The Morgan fingerprint density at radius 1 is 1.25 bits per heavy atom. The Hall–Kier alpha value is -2.99. The third kappa shape index (κ3) is 3.76. The largest absolute Gasteiger partial charge is 0.388 e. The van der Waals surface area contributed by atoms with Crippen LogP contribution in [0.4, 0.5) is 10.5 Å². The van der Waals surface area contributed by atoms with Crippen LogP contribution in [0.25, 0.3) is 0 Å². The highest BCUT2D eigenvalue weighted by molar-refractivity contribution is 5.91. The number of para-hydroxylation sites is 1. The van der Waals surface area contributed by atoms with E-state index in [0.717, 1.165) is 5.56 Å². The molecule has 1 aromatic carbocycles. The Kier molecular flexibility index (Phi) is 5.13. The van der Waals surface area contributed by atoms with E-state index < -0.39 is 6.03 Å². The minimum absolute atomic E-state index is 0.238. The van der Waals surface area contributed by atoms with Crippen LogP contribution in [0.5, 0.6) is 0 Å². The van der Waals surface area contributed by atoms with Gasteiger partial charge in [0.15, 0.2) is 5.70 Å². The zero-order valence-corrected chi connectivity index (χ0v) is 11.3. The summed E-state index contributed by atoms with van der Waals surface area (Å²) in [5.41, 5.74) is 6.31. The number of allylic oxidation sites excluding steroid dienone is 2. The molecule has 0 aliphatic heterocycles. The molecule has 0 spiro atoms. The molecule has 0 aliphatic rings. The fraction of sp³-hybridized carbons (Fsp3) is 0.214. The first kappa shape index (κ1) is 15.1. The van der Waals surface area contributed by atoms with E-state index in [0.29, 0.717) is 5.69 Å². The molecule has 6 heteroatoms. The molecule has 0 bridgehead atoms. The van der Waals surface area contributed by atoms with E-state index in [2.05, 4.69) is 10.6 Å². The molecule has 102 valence electrons. The van der Waals surface area contributed by atoms with Crippen LogP contribution in [-0.2, 0) is 0 Å². The van der Waals surface area contributed by atoms with Crippen LogP contribution in [0.2, 0.25) is 0 Å². The van der Waals surface area contributed by atoms with E-state index >= 15 is 0 Å². The minimum Gasteiger partial charge on any atom is -0.388 e. The number of benzene rings is 1. The second kappa shape index (κ2) is 6.81. The fourth-order valence-electron chi connectivity index (χ4n) is 1.59. The summed E-state index contributed by atoms with van der Waals surface area (Å²) in [7, 11) is 0. The van der Waals surface area contributed by atoms with Crippen molar-refractivity contribution in [3.8, 4) is 12.1 Å². The van der Waals surface area contributed by atoms with Gasteiger partial charge in [0, 0.05) is 5.69 Å². The second-order valence-corrected chi connectivity index (χ2v) is 4.33. The van der Waals surface area contributed by atoms with Gasteiger partial charge in [-0.3, -0.25) is 5.32 Å². The molecule has 0 heterocycles. The van der Waals surface area contributed by atoms with Gasteiger partial charge in [0.05, 0.1) is 0 Å². The van der Waals surface area contributed by atoms with Crippen molar-refractivity contribution in [2.75, 3.05) is 5.32 Å². The molecule has 6 nitrogen and oxygen atoms in total. The van der Waals surface area contributed by atoms with Gasteiger partial charge in [-0.05, 0) is 17.5 Å². The Bertz CT molecular complexity index is 619. The third-order valence-corrected chi connectivity index (χ3v) is 2.57. The van der Waals surface area contributed by atoms with Crippen LogP contribution < -0.4 is 16.4 Å². The number of nitriles is 2. The molecule has 0 aromatic heterocycles. The predicted octanol–water partition coefficient (Wildman–Crippen LogP) is 2.15. The average molecular weight is 269 g/mol. The standard InChI is InChI=1S/C14H15N5O/c1-9(2)10-5-3-4-6-12(10)18-14(20)19-13(8-16)11(17)7-15/h3-6,9H,17H2,1-2H3,(H2,18,19,20)/b13-11-. The van der Waals surface area contributed by atoms with Crippen molar-refractivity contribution in [1.29, 1.82) is 10.5 Å². The smallest absolute Gasteiger partial charge is 0.324 e. The van der Waals surface area contributed by atoms with Gasteiger partial charge in [-0.2, -0.15) is 10.5 Å². The molecule has 0 atom stereocenters. The zero-order chi connectivity index (χ0) is 15.1. The highest BCUT2D eigenvalue weighted by Gasteiger charge is 2.11. The van der Waals surface area contributed by atoms with Crippen molar-refractivity contribution in [2.45, 2.75) is 19.8 Å². The van der Waals surface area contributed by atoms with Crippen LogP contribution in [0.1, 0.15) is 25.3 Å². The van der Waals surface area contributed by atoms with Crippen LogP contribution >= 0.6 is 0 Å². The van der Waals surface area contributed by atoms with E-state index in [4.69, 9.17) is 16.3 Å². The molecule has 20 heavy (non-hydrogen) atoms. The summed E-state index contributed by atoms with van der Waals surface area (Å²) in [6, 6.07) is 10.0. The van der Waals surface area contributed by atoms with Gasteiger partial charge in [0.1, 0.15) is 17.8 Å². The van der Waals surface area contributed by atoms with Crippen molar-refractivity contribution >= 4 is 11.7 Å². The van der Waals surface area contributed by atoms with Crippen LogP contribution in [0, 0.1) is 22.7 Å². The molecular weight excluding hydrogens is 254 g/mol. The summed E-state index contributed by atoms with van der Waals surface area (Å²) >= 11 is 0. The molecule has 0 radical (unpaired) electrons. The molecule has 0 unspecified atom stereocenters. The number of nitrogens with one attached hydrogen (secondary N) is 2. The fourth-order valence-corrected chi connectivity index (χ4v) is 1.59. The Labute approximate surface area is 117 Å². The average Bonchev–Trinajstić information content (AvgIpc) is 2.44. The van der Waals surface area contributed by atoms with E-state index in [9.17, 15) is 4.79 Å². The maximum Gasteiger partial charge on any atom is 0.324 e. The van der Waals surface area contributed by atoms with E-state index in [1.54, 1.807) is 24.3 Å². The van der Waals surface area contributed by atoms with E-state index in [1.165, 1.54) is 0 Å². The number of rotatable bonds is 3. The summed E-state index contributed by atoms with van der Waals surface area (Å²) in [6.45, 7) is 4.01. The maximum atomic E-state index is 11.8. The first-order chi connectivity index (χ1) is 9.49. The predicted molar refractivity (Wildman–Crippen MR) is 75.1 cm³/mol. The summed E-state index contributed by atoms with van der Waals surface area (Å²) in [5.74, 6) is 0.238. The number of carbonyl (C=O) groups excluding carboxylic acids is 1. The number of urea groups is 1. The highest BCUT2D eigenvalue weighted by atomic mass is 16.2. The topological polar surface area (TPSA) is 115 Å². The first-order valence-electron chi connectivity index (χ1n) is 5.96. The monoisotopic (exact) mass is 269 g/mol. The number of nitrogens with two attached hydrogens (primary N) is 1. The molecule has 1 rings (SSSR count). The molecule has 0 saturated heterocycles. The Morgan fingerprint density at radius 2 is 1.90 bits per heavy atom. The summed E-state index contributed by atoms with van der Waals surface area (Å²) in [5, 5.41) is 22.3. The van der Waals surface area contributed by atoms with Crippen molar-refractivity contribution in [3.05, 3.63) is 41.2 Å². The van der Waals surface area contributed by atoms with E-state index in [-0.39, 0.29) is 17.3 Å². The first-order valence-corrected chi connectivity index (χ1v) is 5.96. The van der Waals surface area contributed by atoms with Gasteiger partial charge in [0.25, 0.3) is 0 Å². The Balaban J connectivity index is 2.89. The molecule has 0 aliphatic carbocycles. The molecule has 0 saturated carbocycles. The van der Waals surface area contributed by atoms with Crippen molar-refractivity contribution in [3.63, 3.8) is 0 Å². The van der Waals surface area contributed by atoms with Crippen molar-refractivity contribution < 1.29 is 4.79 Å². The van der Waals surface area contributed by atoms with E-state index in [1.807, 2.05) is 26.0 Å². The molecule has 1 aromatic rings. The van der Waals surface area contributed by atoms with Crippen LogP contribution in [0.3, 0.4) is 0 Å². The number of hydrogen-bond acceptors (Lipinski definition) is 4. The molecule has 2 amide bonds. The van der Waals surface area contributed by atoms with Gasteiger partial charge in [-0.15, -0.1) is 0 Å². The van der Waals surface area contributed by atoms with Crippen molar-refractivity contribution in [2.24, 2.45) is 5.73 Å². The minimum atomic E-state index is -0.618. The lowest BCUT2D eigenvalue weighted by Crippen LogP contribution is -2.29. The van der Waals surface area contributed by atoms with Crippen LogP contribution in [-0.4, -0.2) is 6.03 Å². The summed E-state index contributed by atoms with van der Waals surface area (Å²) in [6.07, 6.45) is 0. The Morgan fingerprint density at radius 3 is 2.45 bits per heavy atom. The van der Waals surface area contributed by atoms with Crippen LogP contribution in [0.15, 0.2) is 35.7 Å². The number of nitrogens with zero attached hydrogens (tertiary/aromatic N) is 2. The highest BCUT2D eigenvalue weighted by Crippen LogP contribution is 2.23. The normalized spacial score (nSPS) is 11.1. The lowest BCUT2D eigenvalue weighted by atomic mass is 10.0. The lowest BCUT2D eigenvalue weighted by Gasteiger charge is -2.13. The summed E-state index contributed by atoms with van der Waals surface area (Å²) in [4.78, 5) is 11.8. The van der Waals surface area contributed by atoms with Crippen molar-refractivity contribution in [1.82, 2.24) is 5.32 Å². The quantitative estimate of drug-likeness (QED) is 0.729. The van der Waals surface area contributed by atoms with Gasteiger partial charge in [0.2, 0.25) is 0 Å². The maximum absolute atomic E-state index is 11.8. The van der Waals surface area contributed by atoms with Gasteiger partial charge in [-0.1, -0.05) is 32.0 Å². The molecule has 4 N–H and O–H groups in total. The SMILES string of the molecule is CC(C)c1ccccc1NC(=O)N/C(C#N)=C(\N)C#N.